The highest BCUT2D eigenvalue weighted by Crippen LogP contribution is 2.44. The van der Waals surface area contributed by atoms with Crippen LogP contribution in [0.4, 0.5) is 0 Å². The van der Waals surface area contributed by atoms with E-state index in [0.29, 0.717) is 17.9 Å². The van der Waals surface area contributed by atoms with Crippen molar-refractivity contribution in [2.24, 2.45) is 5.41 Å². The molecule has 0 radical (unpaired) electrons. The summed E-state index contributed by atoms with van der Waals surface area (Å²) >= 11 is 0. The molecule has 2 fully saturated rings. The van der Waals surface area contributed by atoms with E-state index in [-0.39, 0.29) is 5.91 Å². The Hall–Kier alpha value is -2.14. The van der Waals surface area contributed by atoms with Crippen LogP contribution in [-0.4, -0.2) is 58.7 Å². The summed E-state index contributed by atoms with van der Waals surface area (Å²) in [5.41, 5.74) is 2.89. The molecule has 1 atom stereocenters. The Kier molecular flexibility index (Phi) is 5.04. The number of benzene rings is 1. The zero-order chi connectivity index (χ0) is 18.9. The van der Waals surface area contributed by atoms with Gasteiger partial charge in [0.15, 0.2) is 0 Å². The Morgan fingerprint density at radius 1 is 1.22 bits per heavy atom. The number of hydrogen-bond donors (Lipinski definition) is 0. The van der Waals surface area contributed by atoms with Crippen LogP contribution in [0.15, 0.2) is 42.7 Å². The van der Waals surface area contributed by atoms with Gasteiger partial charge < -0.3 is 9.80 Å². The number of nitrogens with zero attached hydrogens (tertiary/aromatic N) is 4. The van der Waals surface area contributed by atoms with Crippen LogP contribution >= 0.6 is 0 Å². The van der Waals surface area contributed by atoms with Crippen molar-refractivity contribution in [2.75, 3.05) is 33.2 Å². The molecule has 2 saturated heterocycles. The van der Waals surface area contributed by atoms with E-state index >= 15 is 0 Å². The molecule has 1 amide bonds. The van der Waals surface area contributed by atoms with E-state index in [1.165, 1.54) is 12.0 Å². The minimum Gasteiger partial charge on any atom is -0.341 e. The Morgan fingerprint density at radius 2 is 1.96 bits per heavy atom. The Balaban J connectivity index is 1.39. The lowest BCUT2D eigenvalue weighted by molar-refractivity contribution is -0.135. The molecule has 0 bridgehead atoms. The third kappa shape index (κ3) is 4.08. The standard InChI is InChI=1S/C22H30N4O/c1-18-13-23-26(14-18)16-21(27)25-10-8-22(9-11-25)12-20(15-24(2)17-22)19-6-4-3-5-7-19/h3-7,13-14,20H,8-12,15-17H2,1-2H3/t20-/m1/s1. The molecule has 0 saturated carbocycles. The molecule has 2 aliphatic heterocycles. The fourth-order valence-corrected chi connectivity index (χ4v) is 5.00. The average molecular weight is 367 g/mol. The summed E-state index contributed by atoms with van der Waals surface area (Å²) in [6.07, 6.45) is 7.18. The third-order valence-electron chi connectivity index (χ3n) is 6.32. The molecule has 1 aromatic heterocycles. The van der Waals surface area contributed by atoms with Crippen molar-refractivity contribution in [2.45, 2.75) is 38.6 Å². The minimum atomic E-state index is 0.191. The lowest BCUT2D eigenvalue weighted by atomic mass is 9.68. The van der Waals surface area contributed by atoms with Crippen molar-refractivity contribution in [3.63, 3.8) is 0 Å². The van der Waals surface area contributed by atoms with Gasteiger partial charge >= 0.3 is 0 Å². The molecule has 3 heterocycles. The number of aryl methyl sites for hydroxylation is 1. The van der Waals surface area contributed by atoms with Gasteiger partial charge in [0.1, 0.15) is 6.54 Å². The molecular weight excluding hydrogens is 336 g/mol. The number of carbonyl (C=O) groups is 1. The quantitative estimate of drug-likeness (QED) is 0.839. The maximum absolute atomic E-state index is 12.7. The van der Waals surface area contributed by atoms with E-state index in [4.69, 9.17) is 0 Å². The number of carbonyl (C=O) groups excluding carboxylic acids is 1. The van der Waals surface area contributed by atoms with E-state index in [2.05, 4.69) is 47.4 Å². The maximum atomic E-state index is 12.7. The third-order valence-corrected chi connectivity index (χ3v) is 6.32. The van der Waals surface area contributed by atoms with Crippen LogP contribution in [0.25, 0.3) is 0 Å². The van der Waals surface area contributed by atoms with Crippen LogP contribution < -0.4 is 0 Å². The first-order chi connectivity index (χ1) is 13.0. The highest BCUT2D eigenvalue weighted by atomic mass is 16.2. The van der Waals surface area contributed by atoms with E-state index in [9.17, 15) is 4.79 Å². The van der Waals surface area contributed by atoms with Gasteiger partial charge in [0.25, 0.3) is 0 Å². The smallest absolute Gasteiger partial charge is 0.244 e. The summed E-state index contributed by atoms with van der Waals surface area (Å²) in [6, 6.07) is 10.9. The lowest BCUT2D eigenvalue weighted by Crippen LogP contribution is -2.52. The van der Waals surface area contributed by atoms with Crippen LogP contribution in [0.3, 0.4) is 0 Å². The van der Waals surface area contributed by atoms with Gasteiger partial charge in [-0.2, -0.15) is 5.10 Å². The highest BCUT2D eigenvalue weighted by molar-refractivity contribution is 5.76. The SMILES string of the molecule is Cc1cnn(CC(=O)N2CCC3(CC2)C[C@@H](c2ccccc2)CN(C)C3)c1. The van der Waals surface area contributed by atoms with Gasteiger partial charge in [-0.15, -0.1) is 0 Å². The van der Waals surface area contributed by atoms with Gasteiger partial charge in [-0.25, -0.2) is 0 Å². The summed E-state index contributed by atoms with van der Waals surface area (Å²) < 4.78 is 1.75. The van der Waals surface area contributed by atoms with E-state index in [0.717, 1.165) is 44.6 Å². The molecule has 1 aromatic carbocycles. The second-order valence-electron chi connectivity index (χ2n) is 8.60. The number of aromatic nitrogens is 2. The second kappa shape index (κ2) is 7.47. The molecule has 2 aliphatic rings. The van der Waals surface area contributed by atoms with Gasteiger partial charge in [0, 0.05) is 32.4 Å². The first-order valence-electron chi connectivity index (χ1n) is 10.0. The molecule has 0 aliphatic carbocycles. The Morgan fingerprint density at radius 3 is 2.63 bits per heavy atom. The maximum Gasteiger partial charge on any atom is 0.244 e. The fourth-order valence-electron chi connectivity index (χ4n) is 5.00. The first kappa shape index (κ1) is 18.2. The van der Waals surface area contributed by atoms with Gasteiger partial charge in [-0.1, -0.05) is 30.3 Å². The van der Waals surface area contributed by atoms with Crippen molar-refractivity contribution in [3.8, 4) is 0 Å². The second-order valence-corrected chi connectivity index (χ2v) is 8.60. The molecule has 5 nitrogen and oxygen atoms in total. The van der Waals surface area contributed by atoms with Crippen molar-refractivity contribution >= 4 is 5.91 Å². The van der Waals surface area contributed by atoms with Gasteiger partial charge in [0.05, 0.1) is 6.20 Å². The largest absolute Gasteiger partial charge is 0.341 e. The van der Waals surface area contributed by atoms with E-state index in [1.807, 2.05) is 18.0 Å². The number of amides is 1. The van der Waals surface area contributed by atoms with Gasteiger partial charge in [0.2, 0.25) is 5.91 Å². The molecule has 0 unspecified atom stereocenters. The van der Waals surface area contributed by atoms with E-state index < -0.39 is 0 Å². The topological polar surface area (TPSA) is 41.4 Å². The molecule has 1 spiro atoms. The van der Waals surface area contributed by atoms with Gasteiger partial charge in [-0.3, -0.25) is 9.48 Å². The molecule has 5 heteroatoms. The Bertz CT molecular complexity index is 777. The fraction of sp³-hybridized carbons (Fsp3) is 0.545. The van der Waals surface area contributed by atoms with Crippen LogP contribution in [0, 0.1) is 12.3 Å². The van der Waals surface area contributed by atoms with E-state index in [1.54, 1.807) is 10.9 Å². The molecular formula is C22H30N4O. The van der Waals surface area contributed by atoms with Crippen molar-refractivity contribution in [3.05, 3.63) is 53.9 Å². The molecule has 144 valence electrons. The number of likely N-dealkylation sites (N-methyl/N-ethyl adjacent to an activating group) is 1. The number of piperidine rings is 2. The lowest BCUT2D eigenvalue weighted by Gasteiger charge is -2.49. The first-order valence-corrected chi connectivity index (χ1v) is 10.0. The Labute approximate surface area is 162 Å². The summed E-state index contributed by atoms with van der Waals surface area (Å²) in [6.45, 7) is 6.38. The predicted octanol–water partition coefficient (Wildman–Crippen LogP) is 2.92. The predicted molar refractivity (Wildman–Crippen MR) is 107 cm³/mol. The highest BCUT2D eigenvalue weighted by Gasteiger charge is 2.42. The van der Waals surface area contributed by atoms with Crippen LogP contribution in [-0.2, 0) is 11.3 Å². The normalized spacial score (nSPS) is 22.9. The summed E-state index contributed by atoms with van der Waals surface area (Å²) in [4.78, 5) is 17.2. The zero-order valence-corrected chi connectivity index (χ0v) is 16.5. The van der Waals surface area contributed by atoms with Gasteiger partial charge in [-0.05, 0) is 55.7 Å². The van der Waals surface area contributed by atoms with Crippen LogP contribution in [0.1, 0.15) is 36.3 Å². The van der Waals surface area contributed by atoms with Crippen molar-refractivity contribution in [1.29, 1.82) is 0 Å². The van der Waals surface area contributed by atoms with Crippen molar-refractivity contribution < 1.29 is 4.79 Å². The summed E-state index contributed by atoms with van der Waals surface area (Å²) in [5.74, 6) is 0.788. The van der Waals surface area contributed by atoms with Crippen molar-refractivity contribution in [1.82, 2.24) is 19.6 Å². The summed E-state index contributed by atoms with van der Waals surface area (Å²) in [7, 11) is 2.24. The monoisotopic (exact) mass is 366 g/mol. The number of likely N-dealkylation sites (tertiary alicyclic amines) is 2. The zero-order valence-electron chi connectivity index (χ0n) is 16.5. The van der Waals surface area contributed by atoms with Crippen LogP contribution in [0.2, 0.25) is 0 Å². The molecule has 2 aromatic rings. The average Bonchev–Trinajstić information content (AvgIpc) is 3.07. The molecule has 4 rings (SSSR count). The number of hydrogen-bond acceptors (Lipinski definition) is 3. The minimum absolute atomic E-state index is 0.191. The summed E-state index contributed by atoms with van der Waals surface area (Å²) in [5, 5.41) is 4.25. The molecule has 0 N–H and O–H groups in total. The molecule has 27 heavy (non-hydrogen) atoms. The number of rotatable bonds is 3. The van der Waals surface area contributed by atoms with Crippen LogP contribution in [0.5, 0.6) is 0 Å².